The normalized spacial score (nSPS) is 13.8. The van der Waals surface area contributed by atoms with E-state index in [9.17, 15) is 0 Å². The minimum Gasteiger partial charge on any atom is -0.456 e. The topological polar surface area (TPSA) is 13.1 Å². The standard InChI is InChI=1S/C31H19BrO/c32-22-9-7-8-20(18-22)31(27-13-4-1-10-23(27)24-11-2-5-14-28(24)31)21-16-17-26-25-12-3-6-15-29(25)33-30(26)19-21/h1-19H. The van der Waals surface area contributed by atoms with Gasteiger partial charge in [-0.1, -0.05) is 107 Å². The van der Waals surface area contributed by atoms with E-state index in [1.807, 2.05) is 12.1 Å². The van der Waals surface area contributed by atoms with Gasteiger partial charge < -0.3 is 4.42 Å². The zero-order valence-electron chi connectivity index (χ0n) is 17.8. The van der Waals surface area contributed by atoms with E-state index in [1.54, 1.807) is 0 Å². The second kappa shape index (κ2) is 6.94. The van der Waals surface area contributed by atoms with Gasteiger partial charge in [0.2, 0.25) is 0 Å². The summed E-state index contributed by atoms with van der Waals surface area (Å²) in [5, 5.41) is 2.31. The van der Waals surface area contributed by atoms with Crippen molar-refractivity contribution in [1.29, 1.82) is 0 Å². The SMILES string of the molecule is Brc1cccc(C2(c3ccc4c(c3)oc3ccccc34)c3ccccc3-c3ccccc32)c1. The summed E-state index contributed by atoms with van der Waals surface area (Å²) in [6.07, 6.45) is 0. The number of rotatable bonds is 2. The second-order valence-electron chi connectivity index (χ2n) is 8.66. The van der Waals surface area contributed by atoms with Crippen LogP contribution in [0.5, 0.6) is 0 Å². The number of furan rings is 1. The van der Waals surface area contributed by atoms with Gasteiger partial charge in [0.1, 0.15) is 11.2 Å². The zero-order valence-corrected chi connectivity index (χ0v) is 19.3. The molecule has 33 heavy (non-hydrogen) atoms. The highest BCUT2D eigenvalue weighted by Crippen LogP contribution is 2.56. The first kappa shape index (κ1) is 18.9. The quantitative estimate of drug-likeness (QED) is 0.238. The fourth-order valence-corrected chi connectivity index (χ4v) is 6.10. The number of hydrogen-bond acceptors (Lipinski definition) is 1. The molecule has 0 atom stereocenters. The number of halogens is 1. The van der Waals surface area contributed by atoms with Crippen molar-refractivity contribution in [2.75, 3.05) is 0 Å². The Morgan fingerprint density at radius 1 is 0.515 bits per heavy atom. The summed E-state index contributed by atoms with van der Waals surface area (Å²) >= 11 is 3.73. The lowest BCUT2D eigenvalue weighted by Gasteiger charge is -2.34. The highest BCUT2D eigenvalue weighted by atomic mass is 79.9. The van der Waals surface area contributed by atoms with Crippen molar-refractivity contribution in [3.8, 4) is 11.1 Å². The van der Waals surface area contributed by atoms with Crippen LogP contribution < -0.4 is 0 Å². The predicted molar refractivity (Wildman–Crippen MR) is 139 cm³/mol. The molecule has 0 spiro atoms. The fourth-order valence-electron chi connectivity index (χ4n) is 5.70. The third-order valence-corrected chi connectivity index (χ3v) is 7.51. The molecule has 2 heteroatoms. The van der Waals surface area contributed by atoms with Gasteiger partial charge in [-0.3, -0.25) is 0 Å². The van der Waals surface area contributed by atoms with Crippen molar-refractivity contribution in [3.63, 3.8) is 0 Å². The van der Waals surface area contributed by atoms with Crippen molar-refractivity contribution in [2.45, 2.75) is 5.41 Å². The number of benzene rings is 5. The molecule has 1 aromatic heterocycles. The van der Waals surface area contributed by atoms with Crippen LogP contribution in [0.25, 0.3) is 33.1 Å². The van der Waals surface area contributed by atoms with Crippen molar-refractivity contribution in [2.24, 2.45) is 0 Å². The summed E-state index contributed by atoms with van der Waals surface area (Å²) in [6.45, 7) is 0. The maximum Gasteiger partial charge on any atom is 0.135 e. The molecular formula is C31H19BrO. The van der Waals surface area contributed by atoms with Gasteiger partial charge in [-0.15, -0.1) is 0 Å². The van der Waals surface area contributed by atoms with Crippen molar-refractivity contribution >= 4 is 37.9 Å². The molecule has 0 aliphatic heterocycles. The van der Waals surface area contributed by atoms with Gasteiger partial charge in [0.25, 0.3) is 0 Å². The molecule has 1 aliphatic carbocycles. The Morgan fingerprint density at radius 3 is 1.91 bits per heavy atom. The van der Waals surface area contributed by atoms with Crippen LogP contribution in [-0.4, -0.2) is 0 Å². The minimum atomic E-state index is -0.426. The zero-order chi connectivity index (χ0) is 22.0. The number of para-hydroxylation sites is 1. The third kappa shape index (κ3) is 2.53. The van der Waals surface area contributed by atoms with Crippen molar-refractivity contribution in [1.82, 2.24) is 0 Å². The first-order chi connectivity index (χ1) is 16.3. The van der Waals surface area contributed by atoms with Crippen molar-refractivity contribution in [3.05, 3.63) is 142 Å². The average Bonchev–Trinajstić information content (AvgIpc) is 3.38. The molecule has 156 valence electrons. The lowest BCUT2D eigenvalue weighted by Crippen LogP contribution is -2.28. The van der Waals surface area contributed by atoms with E-state index in [0.29, 0.717) is 0 Å². The summed E-state index contributed by atoms with van der Waals surface area (Å²) in [5.74, 6) is 0. The van der Waals surface area contributed by atoms with E-state index >= 15 is 0 Å². The highest BCUT2D eigenvalue weighted by molar-refractivity contribution is 9.10. The van der Waals surface area contributed by atoms with E-state index in [2.05, 4.69) is 119 Å². The summed E-state index contributed by atoms with van der Waals surface area (Å²) in [7, 11) is 0. The minimum absolute atomic E-state index is 0.426. The van der Waals surface area contributed by atoms with Crippen LogP contribution >= 0.6 is 15.9 Å². The highest BCUT2D eigenvalue weighted by Gasteiger charge is 2.46. The van der Waals surface area contributed by atoms with Crippen LogP contribution in [0, 0.1) is 0 Å². The average molecular weight is 487 g/mol. The van der Waals surface area contributed by atoms with E-state index in [4.69, 9.17) is 4.42 Å². The van der Waals surface area contributed by atoms with Crippen molar-refractivity contribution < 1.29 is 4.42 Å². The predicted octanol–water partition coefficient (Wildman–Crippen LogP) is 8.71. The maximum atomic E-state index is 6.32. The van der Waals surface area contributed by atoms with Gasteiger partial charge in [-0.2, -0.15) is 0 Å². The molecule has 0 saturated carbocycles. The van der Waals surface area contributed by atoms with Crippen LogP contribution in [0.3, 0.4) is 0 Å². The molecular weight excluding hydrogens is 468 g/mol. The molecule has 0 bridgehead atoms. The van der Waals surface area contributed by atoms with Crippen LogP contribution in [-0.2, 0) is 5.41 Å². The molecule has 6 aromatic rings. The molecule has 7 rings (SSSR count). The smallest absolute Gasteiger partial charge is 0.135 e. The Balaban J connectivity index is 1.63. The second-order valence-corrected chi connectivity index (χ2v) is 9.58. The summed E-state index contributed by atoms with van der Waals surface area (Å²) in [6, 6.07) is 41.3. The van der Waals surface area contributed by atoms with Gasteiger partial charge in [-0.05, 0) is 57.6 Å². The van der Waals surface area contributed by atoms with Gasteiger partial charge in [0, 0.05) is 15.2 Å². The molecule has 0 unspecified atom stereocenters. The van der Waals surface area contributed by atoms with Crippen LogP contribution in [0.2, 0.25) is 0 Å². The third-order valence-electron chi connectivity index (χ3n) is 7.02. The van der Waals surface area contributed by atoms with Crippen LogP contribution in [0.1, 0.15) is 22.3 Å². The summed E-state index contributed by atoms with van der Waals surface area (Å²) in [4.78, 5) is 0. The van der Waals surface area contributed by atoms with Gasteiger partial charge in [0.05, 0.1) is 5.41 Å². The monoisotopic (exact) mass is 486 g/mol. The first-order valence-corrected chi connectivity index (χ1v) is 11.9. The molecule has 1 nitrogen and oxygen atoms in total. The Hall–Kier alpha value is -3.62. The maximum absolute atomic E-state index is 6.32. The lowest BCUT2D eigenvalue weighted by atomic mass is 9.67. The molecule has 5 aromatic carbocycles. The number of hydrogen-bond donors (Lipinski definition) is 0. The van der Waals surface area contributed by atoms with Gasteiger partial charge in [-0.25, -0.2) is 0 Å². The Labute approximate surface area is 200 Å². The first-order valence-electron chi connectivity index (χ1n) is 11.1. The van der Waals surface area contributed by atoms with Gasteiger partial charge in [0.15, 0.2) is 0 Å². The molecule has 0 N–H and O–H groups in total. The lowest BCUT2D eigenvalue weighted by molar-refractivity contribution is 0.665. The molecule has 0 amide bonds. The number of fused-ring (bicyclic) bond motifs is 6. The Bertz CT molecular complexity index is 1650. The summed E-state index contributed by atoms with van der Waals surface area (Å²) in [5.41, 5.74) is 9.06. The molecule has 1 aliphatic rings. The molecule has 0 radical (unpaired) electrons. The molecule has 1 heterocycles. The van der Waals surface area contributed by atoms with E-state index in [0.717, 1.165) is 26.4 Å². The van der Waals surface area contributed by atoms with Gasteiger partial charge >= 0.3 is 0 Å². The van der Waals surface area contributed by atoms with E-state index in [-0.39, 0.29) is 0 Å². The van der Waals surface area contributed by atoms with Crippen LogP contribution in [0.4, 0.5) is 0 Å². The summed E-state index contributed by atoms with van der Waals surface area (Å²) < 4.78 is 7.40. The Morgan fingerprint density at radius 2 is 1.15 bits per heavy atom. The van der Waals surface area contributed by atoms with Crippen LogP contribution in [0.15, 0.2) is 124 Å². The Kier molecular flexibility index (Phi) is 3.97. The fraction of sp³-hybridized carbons (Fsp3) is 0.0323. The largest absolute Gasteiger partial charge is 0.456 e. The van der Waals surface area contributed by atoms with E-state index in [1.165, 1.54) is 33.4 Å². The molecule has 0 saturated heterocycles. The molecule has 0 fully saturated rings. The van der Waals surface area contributed by atoms with E-state index < -0.39 is 5.41 Å².